The highest BCUT2D eigenvalue weighted by Gasteiger charge is 2.09. The van der Waals surface area contributed by atoms with Gasteiger partial charge in [-0.25, -0.2) is 0 Å². The molecule has 0 atom stereocenters. The van der Waals surface area contributed by atoms with Crippen molar-refractivity contribution in [1.29, 1.82) is 0 Å². The van der Waals surface area contributed by atoms with E-state index in [1.807, 2.05) is 18.2 Å². The van der Waals surface area contributed by atoms with Crippen molar-refractivity contribution in [3.8, 4) is 11.5 Å². The molecule has 172 valence electrons. The van der Waals surface area contributed by atoms with E-state index < -0.39 is 10.1 Å². The van der Waals surface area contributed by atoms with Crippen molar-refractivity contribution in [3.63, 3.8) is 0 Å². The van der Waals surface area contributed by atoms with Crippen molar-refractivity contribution in [2.75, 3.05) is 0 Å². The van der Waals surface area contributed by atoms with Gasteiger partial charge in [-0.05, 0) is 54.8 Å². The minimum absolute atomic E-state index is 0.138. The molecular formula is C26H38O4S. The average Bonchev–Trinajstić information content (AvgIpc) is 2.74. The first-order chi connectivity index (χ1) is 15.0. The molecule has 0 saturated carbocycles. The van der Waals surface area contributed by atoms with Crippen LogP contribution in [-0.2, 0) is 16.5 Å². The maximum Gasteiger partial charge on any atom is 0.294 e. The fourth-order valence-corrected chi connectivity index (χ4v) is 4.23. The molecule has 0 radical (unpaired) electrons. The molecule has 0 saturated heterocycles. The summed E-state index contributed by atoms with van der Waals surface area (Å²) < 4.78 is 37.1. The van der Waals surface area contributed by atoms with Gasteiger partial charge in [0.15, 0.2) is 0 Å². The molecule has 4 nitrogen and oxygen atoms in total. The molecule has 0 bridgehead atoms. The van der Waals surface area contributed by atoms with Crippen LogP contribution in [0.5, 0.6) is 11.5 Å². The van der Waals surface area contributed by atoms with Gasteiger partial charge in [0.1, 0.15) is 11.5 Å². The van der Waals surface area contributed by atoms with E-state index in [2.05, 4.69) is 13.0 Å². The zero-order chi connectivity index (χ0) is 22.4. The van der Waals surface area contributed by atoms with Gasteiger partial charge in [-0.3, -0.25) is 4.55 Å². The second-order valence-electron chi connectivity index (χ2n) is 8.34. The molecule has 2 aromatic carbocycles. The summed E-state index contributed by atoms with van der Waals surface area (Å²) in [4.78, 5) is -0.138. The van der Waals surface area contributed by atoms with Crippen molar-refractivity contribution in [1.82, 2.24) is 0 Å². The van der Waals surface area contributed by atoms with Crippen LogP contribution in [0.15, 0.2) is 53.4 Å². The Bertz CT molecular complexity index is 844. The van der Waals surface area contributed by atoms with Crippen LogP contribution < -0.4 is 4.74 Å². The van der Waals surface area contributed by atoms with Gasteiger partial charge in [0.05, 0.1) is 4.90 Å². The van der Waals surface area contributed by atoms with E-state index in [1.165, 1.54) is 94.7 Å². The monoisotopic (exact) mass is 446 g/mol. The summed E-state index contributed by atoms with van der Waals surface area (Å²) in [6.07, 6.45) is 17.2. The fourth-order valence-electron chi connectivity index (χ4n) is 3.75. The van der Waals surface area contributed by atoms with Crippen LogP contribution in [0, 0.1) is 0 Å². The molecule has 31 heavy (non-hydrogen) atoms. The van der Waals surface area contributed by atoms with Crippen molar-refractivity contribution >= 4 is 10.1 Å². The van der Waals surface area contributed by atoms with Crippen LogP contribution in [0.25, 0.3) is 0 Å². The maximum atomic E-state index is 11.1. The van der Waals surface area contributed by atoms with Gasteiger partial charge in [-0.15, -0.1) is 0 Å². The summed E-state index contributed by atoms with van der Waals surface area (Å²) >= 11 is 0. The molecule has 0 aromatic heterocycles. The highest BCUT2D eigenvalue weighted by atomic mass is 32.2. The third-order valence-electron chi connectivity index (χ3n) is 5.57. The molecule has 0 aliphatic rings. The first-order valence-corrected chi connectivity index (χ1v) is 13.3. The van der Waals surface area contributed by atoms with Gasteiger partial charge >= 0.3 is 0 Å². The van der Waals surface area contributed by atoms with Crippen molar-refractivity contribution < 1.29 is 17.7 Å². The summed E-state index contributed by atoms with van der Waals surface area (Å²) in [5.41, 5.74) is 1.25. The summed E-state index contributed by atoms with van der Waals surface area (Å²) in [5.74, 6) is 1.27. The lowest BCUT2D eigenvalue weighted by atomic mass is 10.0. The summed E-state index contributed by atoms with van der Waals surface area (Å²) in [6.45, 7) is 2.27. The smallest absolute Gasteiger partial charge is 0.294 e. The van der Waals surface area contributed by atoms with Crippen LogP contribution >= 0.6 is 0 Å². The predicted octanol–water partition coefficient (Wildman–Crippen LogP) is 7.97. The van der Waals surface area contributed by atoms with Crippen molar-refractivity contribution in [2.45, 2.75) is 95.3 Å². The van der Waals surface area contributed by atoms with E-state index in [4.69, 9.17) is 9.29 Å². The molecule has 0 fully saturated rings. The molecule has 2 rings (SSSR count). The quantitative estimate of drug-likeness (QED) is 0.210. The lowest BCUT2D eigenvalue weighted by Gasteiger charge is -2.08. The third kappa shape index (κ3) is 10.8. The van der Waals surface area contributed by atoms with E-state index in [9.17, 15) is 8.42 Å². The number of hydrogen-bond acceptors (Lipinski definition) is 3. The zero-order valence-corrected chi connectivity index (χ0v) is 19.7. The first kappa shape index (κ1) is 25.4. The number of aryl methyl sites for hydroxylation is 1. The molecule has 0 unspecified atom stereocenters. The SMILES string of the molecule is CCCCCCCCCCCCCCc1cccc(Oc2ccc(S(=O)(=O)O)cc2)c1. The first-order valence-electron chi connectivity index (χ1n) is 11.8. The average molecular weight is 447 g/mol. The summed E-state index contributed by atoms with van der Waals surface area (Å²) in [5, 5.41) is 0. The Labute approximate surface area is 188 Å². The van der Waals surface area contributed by atoms with Crippen molar-refractivity contribution in [2.24, 2.45) is 0 Å². The van der Waals surface area contributed by atoms with Gasteiger partial charge in [0, 0.05) is 0 Å². The van der Waals surface area contributed by atoms with Crippen LogP contribution in [0.2, 0.25) is 0 Å². The van der Waals surface area contributed by atoms with Gasteiger partial charge in [0.2, 0.25) is 0 Å². The minimum atomic E-state index is -4.18. The van der Waals surface area contributed by atoms with E-state index in [0.29, 0.717) is 5.75 Å². The van der Waals surface area contributed by atoms with E-state index in [1.54, 1.807) is 12.1 Å². The zero-order valence-electron chi connectivity index (χ0n) is 18.9. The molecule has 5 heteroatoms. The molecule has 2 aromatic rings. The highest BCUT2D eigenvalue weighted by Crippen LogP contribution is 2.24. The molecule has 1 N–H and O–H groups in total. The Morgan fingerprint density at radius 2 is 1.26 bits per heavy atom. The Morgan fingerprint density at radius 1 is 0.710 bits per heavy atom. The normalized spacial score (nSPS) is 11.5. The predicted molar refractivity (Wildman–Crippen MR) is 128 cm³/mol. The van der Waals surface area contributed by atoms with Crippen LogP contribution in [0.4, 0.5) is 0 Å². The number of benzene rings is 2. The van der Waals surface area contributed by atoms with Gasteiger partial charge in [-0.1, -0.05) is 89.7 Å². The Morgan fingerprint density at radius 3 is 1.81 bits per heavy atom. The fraction of sp³-hybridized carbons (Fsp3) is 0.538. The Hall–Kier alpha value is -1.85. The largest absolute Gasteiger partial charge is 0.457 e. The number of unbranched alkanes of at least 4 members (excludes halogenated alkanes) is 11. The number of rotatable bonds is 16. The van der Waals surface area contributed by atoms with Crippen molar-refractivity contribution in [3.05, 3.63) is 54.1 Å². The second-order valence-corrected chi connectivity index (χ2v) is 9.76. The van der Waals surface area contributed by atoms with Crippen LogP contribution in [0.1, 0.15) is 89.5 Å². The molecule has 0 aliphatic heterocycles. The lowest BCUT2D eigenvalue weighted by Crippen LogP contribution is -1.97. The van der Waals surface area contributed by atoms with Crippen LogP contribution in [0.3, 0.4) is 0 Å². The molecule has 0 aliphatic carbocycles. The standard InChI is InChI=1S/C26H38O4S/c1-2-3-4-5-6-7-8-9-10-11-12-13-15-23-16-14-17-25(22-23)30-24-18-20-26(21-19-24)31(27,28)29/h14,16-22H,2-13,15H2,1H3,(H,27,28,29). The highest BCUT2D eigenvalue weighted by molar-refractivity contribution is 7.85. The van der Waals surface area contributed by atoms with E-state index in [-0.39, 0.29) is 4.90 Å². The van der Waals surface area contributed by atoms with E-state index in [0.717, 1.165) is 12.2 Å². The number of ether oxygens (including phenoxy) is 1. The third-order valence-corrected chi connectivity index (χ3v) is 6.44. The Balaban J connectivity index is 1.61. The number of hydrogen-bond donors (Lipinski definition) is 1. The molecule has 0 spiro atoms. The second kappa shape index (κ2) is 14.3. The van der Waals surface area contributed by atoms with Gasteiger partial charge < -0.3 is 4.74 Å². The van der Waals surface area contributed by atoms with Gasteiger partial charge in [0.25, 0.3) is 10.1 Å². The minimum Gasteiger partial charge on any atom is -0.457 e. The summed E-state index contributed by atoms with van der Waals surface area (Å²) in [6, 6.07) is 13.8. The molecular weight excluding hydrogens is 408 g/mol. The molecule has 0 amide bonds. The molecule has 0 heterocycles. The van der Waals surface area contributed by atoms with Gasteiger partial charge in [-0.2, -0.15) is 8.42 Å². The maximum absolute atomic E-state index is 11.1. The lowest BCUT2D eigenvalue weighted by molar-refractivity contribution is 0.477. The Kier molecular flexibility index (Phi) is 11.7. The topological polar surface area (TPSA) is 63.6 Å². The summed E-state index contributed by atoms with van der Waals surface area (Å²) in [7, 11) is -4.18. The van der Waals surface area contributed by atoms with Crippen LogP contribution in [-0.4, -0.2) is 13.0 Å². The van der Waals surface area contributed by atoms with E-state index >= 15 is 0 Å².